The van der Waals surface area contributed by atoms with Crippen LogP contribution in [0.15, 0.2) is 30.3 Å². The Balaban J connectivity index is 1.97. The first kappa shape index (κ1) is 27.6. The number of nitrogens with one attached hydrogen (secondary N) is 1. The Kier molecular flexibility index (Phi) is 10.0. The van der Waals surface area contributed by atoms with Crippen LogP contribution in [0.1, 0.15) is 39.2 Å². The van der Waals surface area contributed by atoms with Gasteiger partial charge in [0.25, 0.3) is 0 Å². The van der Waals surface area contributed by atoms with Crippen molar-refractivity contribution in [3.63, 3.8) is 0 Å². The standard InChI is InChI=1S/C24H33N3O8/c1-24(2,3)35-21(30)15-26-12-13-27(18(22(26)31)10-11-20(29)33-4)19(28)14-25-23(32)34-16-17-8-6-5-7-9-17/h5-9,18H,10-16H2,1-4H3,(H,25,32)/t18-/m0/s1. The average Bonchev–Trinajstić information content (AvgIpc) is 2.80. The molecule has 1 heterocycles. The second-order valence-corrected chi connectivity index (χ2v) is 8.98. The number of amides is 3. The second-order valence-electron chi connectivity index (χ2n) is 8.98. The lowest BCUT2D eigenvalue weighted by molar-refractivity contribution is -0.163. The topological polar surface area (TPSA) is 132 Å². The number of hydrogen-bond acceptors (Lipinski definition) is 8. The molecule has 2 rings (SSSR count). The maximum atomic E-state index is 13.1. The van der Waals surface area contributed by atoms with E-state index in [-0.39, 0.29) is 45.6 Å². The van der Waals surface area contributed by atoms with Crippen LogP contribution in [0.3, 0.4) is 0 Å². The summed E-state index contributed by atoms with van der Waals surface area (Å²) < 4.78 is 15.0. The van der Waals surface area contributed by atoms with Gasteiger partial charge in [0, 0.05) is 19.5 Å². The lowest BCUT2D eigenvalue weighted by Crippen LogP contribution is -2.61. The highest BCUT2D eigenvalue weighted by Crippen LogP contribution is 2.18. The summed E-state index contributed by atoms with van der Waals surface area (Å²) in [6.07, 6.45) is -0.854. The van der Waals surface area contributed by atoms with E-state index in [1.165, 1.54) is 16.9 Å². The molecule has 0 radical (unpaired) electrons. The van der Waals surface area contributed by atoms with E-state index in [0.29, 0.717) is 0 Å². The monoisotopic (exact) mass is 491 g/mol. The Bertz CT molecular complexity index is 913. The Hall–Kier alpha value is -3.63. The number of nitrogens with zero attached hydrogens (tertiary/aromatic N) is 2. The Morgan fingerprint density at radius 2 is 1.74 bits per heavy atom. The number of esters is 2. The smallest absolute Gasteiger partial charge is 0.407 e. The minimum Gasteiger partial charge on any atom is -0.469 e. The van der Waals surface area contributed by atoms with Gasteiger partial charge < -0.3 is 29.3 Å². The zero-order valence-corrected chi connectivity index (χ0v) is 20.6. The van der Waals surface area contributed by atoms with E-state index in [1.807, 2.05) is 18.2 Å². The number of methoxy groups -OCH3 is 1. The minimum atomic E-state index is -0.986. The summed E-state index contributed by atoms with van der Waals surface area (Å²) in [7, 11) is 1.23. The second kappa shape index (κ2) is 12.7. The van der Waals surface area contributed by atoms with Gasteiger partial charge in [-0.15, -0.1) is 0 Å². The zero-order chi connectivity index (χ0) is 26.0. The van der Waals surface area contributed by atoms with Gasteiger partial charge in [-0.3, -0.25) is 19.2 Å². The quantitative estimate of drug-likeness (QED) is 0.403. The number of carbonyl (C=O) groups excluding carboxylic acids is 5. The number of carbonyl (C=O) groups is 5. The van der Waals surface area contributed by atoms with E-state index in [9.17, 15) is 24.0 Å². The molecule has 1 aromatic rings. The van der Waals surface area contributed by atoms with E-state index >= 15 is 0 Å². The SMILES string of the molecule is COC(=O)CC[C@H]1C(=O)N(CC(=O)OC(C)(C)C)CCN1C(=O)CNC(=O)OCc1ccccc1. The van der Waals surface area contributed by atoms with E-state index in [2.05, 4.69) is 10.1 Å². The number of ether oxygens (including phenoxy) is 3. The van der Waals surface area contributed by atoms with Crippen LogP contribution in [0.25, 0.3) is 0 Å². The summed E-state index contributed by atoms with van der Waals surface area (Å²) in [6, 6.07) is 8.08. The highest BCUT2D eigenvalue weighted by atomic mass is 16.6. The van der Waals surface area contributed by atoms with Crippen molar-refractivity contribution >= 4 is 29.8 Å². The maximum absolute atomic E-state index is 13.1. The first-order valence-electron chi connectivity index (χ1n) is 11.3. The van der Waals surface area contributed by atoms with E-state index < -0.39 is 41.5 Å². The predicted molar refractivity (Wildman–Crippen MR) is 124 cm³/mol. The summed E-state index contributed by atoms with van der Waals surface area (Å²) in [4.78, 5) is 64.4. The predicted octanol–water partition coefficient (Wildman–Crippen LogP) is 1.25. The highest BCUT2D eigenvalue weighted by molar-refractivity contribution is 5.92. The lowest BCUT2D eigenvalue weighted by Gasteiger charge is -2.40. The molecule has 35 heavy (non-hydrogen) atoms. The van der Waals surface area contributed by atoms with Crippen molar-refractivity contribution in [2.75, 3.05) is 33.3 Å². The van der Waals surface area contributed by atoms with Gasteiger partial charge in [0.1, 0.15) is 31.3 Å². The summed E-state index contributed by atoms with van der Waals surface area (Å²) in [6.45, 7) is 4.79. The molecule has 1 saturated heterocycles. The van der Waals surface area contributed by atoms with Gasteiger partial charge >= 0.3 is 18.0 Å². The van der Waals surface area contributed by atoms with Gasteiger partial charge in [0.15, 0.2) is 0 Å². The third-order valence-corrected chi connectivity index (χ3v) is 5.09. The van der Waals surface area contributed by atoms with Gasteiger partial charge in [0.2, 0.25) is 11.8 Å². The van der Waals surface area contributed by atoms with Crippen molar-refractivity contribution < 1.29 is 38.2 Å². The van der Waals surface area contributed by atoms with Crippen LogP contribution in [0.4, 0.5) is 4.79 Å². The summed E-state index contributed by atoms with van der Waals surface area (Å²) in [5.74, 6) is -2.09. The van der Waals surface area contributed by atoms with E-state index in [4.69, 9.17) is 9.47 Å². The molecule has 1 N–H and O–H groups in total. The van der Waals surface area contributed by atoms with Crippen LogP contribution in [-0.4, -0.2) is 84.6 Å². The fourth-order valence-corrected chi connectivity index (χ4v) is 3.48. The molecule has 1 atom stereocenters. The Morgan fingerprint density at radius 1 is 1.06 bits per heavy atom. The molecule has 1 fully saturated rings. The van der Waals surface area contributed by atoms with Crippen molar-refractivity contribution in [2.24, 2.45) is 0 Å². The third kappa shape index (κ3) is 9.26. The van der Waals surface area contributed by atoms with Crippen LogP contribution >= 0.6 is 0 Å². The third-order valence-electron chi connectivity index (χ3n) is 5.09. The number of alkyl carbamates (subject to hydrolysis) is 1. The average molecular weight is 492 g/mol. The molecule has 0 aliphatic carbocycles. The molecule has 0 spiro atoms. The summed E-state index contributed by atoms with van der Waals surface area (Å²) >= 11 is 0. The molecule has 11 heteroatoms. The number of benzene rings is 1. The molecule has 0 aromatic heterocycles. The first-order chi connectivity index (χ1) is 16.5. The summed E-state index contributed by atoms with van der Waals surface area (Å²) in [5, 5.41) is 2.39. The van der Waals surface area contributed by atoms with Crippen LogP contribution < -0.4 is 5.32 Å². The molecular formula is C24H33N3O8. The largest absolute Gasteiger partial charge is 0.469 e. The van der Waals surface area contributed by atoms with Crippen molar-refractivity contribution in [3.8, 4) is 0 Å². The molecule has 1 aliphatic rings. The normalized spacial score (nSPS) is 15.9. The van der Waals surface area contributed by atoms with Crippen LogP contribution in [0, 0.1) is 0 Å². The molecular weight excluding hydrogens is 458 g/mol. The summed E-state index contributed by atoms with van der Waals surface area (Å²) in [5.41, 5.74) is 0.0896. The van der Waals surface area contributed by atoms with Gasteiger partial charge in [0.05, 0.1) is 7.11 Å². The van der Waals surface area contributed by atoms with Crippen molar-refractivity contribution in [2.45, 2.75) is 51.9 Å². The first-order valence-corrected chi connectivity index (χ1v) is 11.3. The molecule has 11 nitrogen and oxygen atoms in total. The molecule has 192 valence electrons. The molecule has 0 saturated carbocycles. The van der Waals surface area contributed by atoms with Gasteiger partial charge in [-0.1, -0.05) is 30.3 Å². The lowest BCUT2D eigenvalue weighted by atomic mass is 10.0. The van der Waals surface area contributed by atoms with Gasteiger partial charge in [-0.25, -0.2) is 4.79 Å². The number of rotatable bonds is 9. The molecule has 0 unspecified atom stereocenters. The van der Waals surface area contributed by atoms with Crippen molar-refractivity contribution in [3.05, 3.63) is 35.9 Å². The fourth-order valence-electron chi connectivity index (χ4n) is 3.48. The molecule has 0 bridgehead atoms. The zero-order valence-electron chi connectivity index (χ0n) is 20.6. The fraction of sp³-hybridized carbons (Fsp3) is 0.542. The Morgan fingerprint density at radius 3 is 2.37 bits per heavy atom. The molecule has 1 aromatic carbocycles. The van der Waals surface area contributed by atoms with Crippen LogP contribution in [0.5, 0.6) is 0 Å². The maximum Gasteiger partial charge on any atom is 0.407 e. The van der Waals surface area contributed by atoms with Crippen LogP contribution in [-0.2, 0) is 40.0 Å². The number of piperazine rings is 1. The van der Waals surface area contributed by atoms with Gasteiger partial charge in [-0.05, 0) is 32.8 Å². The Labute approximate surface area is 204 Å². The van der Waals surface area contributed by atoms with E-state index in [0.717, 1.165) is 5.56 Å². The highest BCUT2D eigenvalue weighted by Gasteiger charge is 2.38. The minimum absolute atomic E-state index is 0.0144. The van der Waals surface area contributed by atoms with Crippen LogP contribution in [0.2, 0.25) is 0 Å². The molecule has 3 amide bonds. The van der Waals surface area contributed by atoms with E-state index in [1.54, 1.807) is 32.9 Å². The van der Waals surface area contributed by atoms with Gasteiger partial charge in [-0.2, -0.15) is 0 Å². The molecule has 1 aliphatic heterocycles. The van der Waals surface area contributed by atoms with Crippen molar-refractivity contribution in [1.82, 2.24) is 15.1 Å². The number of hydrogen-bond donors (Lipinski definition) is 1. The van der Waals surface area contributed by atoms with Crippen molar-refractivity contribution in [1.29, 1.82) is 0 Å².